The summed E-state index contributed by atoms with van der Waals surface area (Å²) in [5.74, 6) is 0.572. The van der Waals surface area contributed by atoms with Gasteiger partial charge in [-0.2, -0.15) is 0 Å². The average Bonchev–Trinajstić information content (AvgIpc) is 2.58. The van der Waals surface area contributed by atoms with Crippen LogP contribution in [0.3, 0.4) is 0 Å². The Labute approximate surface area is 160 Å². The molecule has 0 aliphatic heterocycles. The van der Waals surface area contributed by atoms with Crippen LogP contribution in [0.2, 0.25) is 0 Å². The summed E-state index contributed by atoms with van der Waals surface area (Å²) in [7, 11) is -3.75. The van der Waals surface area contributed by atoms with Crippen LogP contribution >= 0.6 is 22.6 Å². The number of rotatable bonds is 5. The van der Waals surface area contributed by atoms with E-state index in [4.69, 9.17) is 4.74 Å². The zero-order valence-corrected chi connectivity index (χ0v) is 16.8. The molecule has 0 aliphatic carbocycles. The van der Waals surface area contributed by atoms with Crippen molar-refractivity contribution in [2.45, 2.75) is 18.7 Å². The Kier molecular flexibility index (Phi) is 5.14. The van der Waals surface area contributed by atoms with E-state index < -0.39 is 10.0 Å². The van der Waals surface area contributed by atoms with Gasteiger partial charge < -0.3 is 4.74 Å². The first-order valence-electron chi connectivity index (χ1n) is 7.72. The zero-order valence-electron chi connectivity index (χ0n) is 13.8. The third-order valence-electron chi connectivity index (χ3n) is 3.71. The van der Waals surface area contributed by atoms with Gasteiger partial charge in [-0.25, -0.2) is 8.42 Å². The van der Waals surface area contributed by atoms with Gasteiger partial charge in [0.1, 0.15) is 11.3 Å². The maximum Gasteiger partial charge on any atom is 0.262 e. The number of aromatic nitrogens is 1. The number of anilines is 1. The second-order valence-corrected chi connectivity index (χ2v) is 8.36. The normalized spacial score (nSPS) is 11.5. The zero-order chi connectivity index (χ0) is 18.0. The number of fused-ring (bicyclic) bond motifs is 1. The number of hydrogen-bond donors (Lipinski definition) is 1. The number of halogens is 1. The van der Waals surface area contributed by atoms with Gasteiger partial charge >= 0.3 is 0 Å². The molecule has 0 atom stereocenters. The molecule has 0 unspecified atom stereocenters. The summed E-state index contributed by atoms with van der Waals surface area (Å²) in [6, 6.07) is 12.2. The fraction of sp³-hybridized carbons (Fsp3) is 0.167. The van der Waals surface area contributed by atoms with Gasteiger partial charge in [-0.3, -0.25) is 9.71 Å². The highest BCUT2D eigenvalue weighted by Gasteiger charge is 2.20. The van der Waals surface area contributed by atoms with Crippen molar-refractivity contribution in [3.63, 3.8) is 0 Å². The van der Waals surface area contributed by atoms with E-state index in [1.54, 1.807) is 36.5 Å². The summed E-state index contributed by atoms with van der Waals surface area (Å²) in [6.07, 6.45) is 1.62. The fourth-order valence-electron chi connectivity index (χ4n) is 2.57. The van der Waals surface area contributed by atoms with E-state index in [-0.39, 0.29) is 4.90 Å². The molecule has 25 heavy (non-hydrogen) atoms. The average molecular weight is 468 g/mol. The highest BCUT2D eigenvalue weighted by atomic mass is 127. The molecule has 0 fully saturated rings. The molecule has 7 heteroatoms. The van der Waals surface area contributed by atoms with E-state index in [0.717, 1.165) is 9.13 Å². The smallest absolute Gasteiger partial charge is 0.262 e. The molecule has 5 nitrogen and oxygen atoms in total. The minimum atomic E-state index is -3.75. The Morgan fingerprint density at radius 2 is 2.00 bits per heavy atom. The molecule has 1 heterocycles. The Hall–Kier alpha value is -1.87. The number of hydrogen-bond acceptors (Lipinski definition) is 4. The molecule has 0 saturated heterocycles. The van der Waals surface area contributed by atoms with Gasteiger partial charge in [0.25, 0.3) is 10.0 Å². The molecule has 3 aromatic rings. The Bertz CT molecular complexity index is 1040. The SMILES string of the molecule is CCOc1ccc(S(=O)(=O)Nc2ccc(I)cc2C)c2cccnc12. The minimum Gasteiger partial charge on any atom is -0.492 e. The van der Waals surface area contributed by atoms with Gasteiger partial charge in [-0.15, -0.1) is 0 Å². The lowest BCUT2D eigenvalue weighted by Gasteiger charge is -2.14. The minimum absolute atomic E-state index is 0.178. The van der Waals surface area contributed by atoms with Crippen molar-refractivity contribution < 1.29 is 13.2 Å². The topological polar surface area (TPSA) is 68.3 Å². The number of nitrogens with zero attached hydrogens (tertiary/aromatic N) is 1. The van der Waals surface area contributed by atoms with Gasteiger partial charge in [-0.05, 0) is 84.5 Å². The van der Waals surface area contributed by atoms with Crippen molar-refractivity contribution in [3.05, 3.63) is 57.8 Å². The molecule has 0 spiro atoms. The first-order chi connectivity index (χ1) is 11.9. The molecular formula is C18H17IN2O3S. The molecule has 0 aliphatic rings. The fourth-order valence-corrected chi connectivity index (χ4v) is 4.55. The number of benzene rings is 2. The predicted molar refractivity (Wildman–Crippen MR) is 108 cm³/mol. The van der Waals surface area contributed by atoms with E-state index in [9.17, 15) is 8.42 Å². The van der Waals surface area contributed by atoms with Gasteiger partial charge in [0, 0.05) is 15.2 Å². The van der Waals surface area contributed by atoms with Crippen molar-refractivity contribution >= 4 is 49.2 Å². The van der Waals surface area contributed by atoms with Crippen molar-refractivity contribution in [2.24, 2.45) is 0 Å². The summed E-state index contributed by atoms with van der Waals surface area (Å²) >= 11 is 2.19. The molecule has 0 bridgehead atoms. The maximum absolute atomic E-state index is 12.9. The van der Waals surface area contributed by atoms with Crippen LogP contribution in [0.5, 0.6) is 5.75 Å². The Balaban J connectivity index is 2.10. The summed E-state index contributed by atoms with van der Waals surface area (Å²) in [5, 5.41) is 0.532. The van der Waals surface area contributed by atoms with Gasteiger partial charge in [-0.1, -0.05) is 0 Å². The second-order valence-electron chi connectivity index (χ2n) is 5.46. The van der Waals surface area contributed by atoms with Crippen LogP contribution in [0.4, 0.5) is 5.69 Å². The molecule has 2 aromatic carbocycles. The quantitative estimate of drug-likeness (QED) is 0.566. The van der Waals surface area contributed by atoms with E-state index in [2.05, 4.69) is 32.3 Å². The number of sulfonamides is 1. The first-order valence-corrected chi connectivity index (χ1v) is 10.3. The van der Waals surface area contributed by atoms with E-state index in [1.165, 1.54) is 0 Å². The van der Waals surface area contributed by atoms with Gasteiger partial charge in [0.2, 0.25) is 0 Å². The lowest BCUT2D eigenvalue weighted by atomic mass is 10.2. The van der Waals surface area contributed by atoms with Crippen LogP contribution in [-0.4, -0.2) is 20.0 Å². The van der Waals surface area contributed by atoms with Crippen LogP contribution < -0.4 is 9.46 Å². The van der Waals surface area contributed by atoms with Crippen LogP contribution in [0.1, 0.15) is 12.5 Å². The van der Waals surface area contributed by atoms with Crippen molar-refractivity contribution in [2.75, 3.05) is 11.3 Å². The molecular weight excluding hydrogens is 451 g/mol. The monoisotopic (exact) mass is 468 g/mol. The summed E-state index contributed by atoms with van der Waals surface area (Å²) in [6.45, 7) is 4.23. The number of nitrogens with one attached hydrogen (secondary N) is 1. The molecule has 0 saturated carbocycles. The number of pyridine rings is 1. The highest BCUT2D eigenvalue weighted by Crippen LogP contribution is 2.31. The molecule has 3 rings (SSSR count). The maximum atomic E-state index is 12.9. The van der Waals surface area contributed by atoms with E-state index in [0.29, 0.717) is 28.9 Å². The van der Waals surface area contributed by atoms with Crippen LogP contribution in [0, 0.1) is 10.5 Å². The Morgan fingerprint density at radius 1 is 1.20 bits per heavy atom. The Morgan fingerprint density at radius 3 is 2.72 bits per heavy atom. The summed E-state index contributed by atoms with van der Waals surface area (Å²) < 4.78 is 35.2. The van der Waals surface area contributed by atoms with Crippen molar-refractivity contribution in [3.8, 4) is 5.75 Å². The molecule has 1 aromatic heterocycles. The van der Waals surface area contributed by atoms with Crippen LogP contribution in [0.25, 0.3) is 10.9 Å². The lowest BCUT2D eigenvalue weighted by molar-refractivity contribution is 0.343. The number of aryl methyl sites for hydroxylation is 1. The largest absolute Gasteiger partial charge is 0.492 e. The third kappa shape index (κ3) is 3.72. The second kappa shape index (κ2) is 7.17. The van der Waals surface area contributed by atoms with Gasteiger partial charge in [0.05, 0.1) is 17.2 Å². The van der Waals surface area contributed by atoms with E-state index >= 15 is 0 Å². The highest BCUT2D eigenvalue weighted by molar-refractivity contribution is 14.1. The molecule has 1 N–H and O–H groups in total. The van der Waals surface area contributed by atoms with Gasteiger partial charge in [0.15, 0.2) is 0 Å². The standard InChI is InChI=1S/C18H17IN2O3S/c1-3-24-16-8-9-17(14-5-4-10-20-18(14)16)25(22,23)21-15-7-6-13(19)11-12(15)2/h4-11,21H,3H2,1-2H3. The van der Waals surface area contributed by atoms with Crippen LogP contribution in [0.15, 0.2) is 53.6 Å². The first kappa shape index (κ1) is 17.9. The lowest BCUT2D eigenvalue weighted by Crippen LogP contribution is -2.14. The predicted octanol–water partition coefficient (Wildman–Crippen LogP) is 4.35. The molecule has 0 amide bonds. The summed E-state index contributed by atoms with van der Waals surface area (Å²) in [4.78, 5) is 4.47. The van der Waals surface area contributed by atoms with Crippen LogP contribution in [-0.2, 0) is 10.0 Å². The van der Waals surface area contributed by atoms with Crippen molar-refractivity contribution in [1.29, 1.82) is 0 Å². The molecule has 130 valence electrons. The van der Waals surface area contributed by atoms with E-state index in [1.807, 2.05) is 26.0 Å². The number of ether oxygens (including phenoxy) is 1. The third-order valence-corrected chi connectivity index (χ3v) is 5.81. The molecule has 0 radical (unpaired) electrons. The summed E-state index contributed by atoms with van der Waals surface area (Å²) in [5.41, 5.74) is 1.96. The van der Waals surface area contributed by atoms with Crippen molar-refractivity contribution in [1.82, 2.24) is 4.98 Å².